The van der Waals surface area contributed by atoms with Crippen LogP contribution in [-0.2, 0) is 11.3 Å². The number of hydrogen-bond donors (Lipinski definition) is 0. The van der Waals surface area contributed by atoms with E-state index >= 15 is 4.39 Å². The number of benzene rings is 1. The molecule has 0 unspecified atom stereocenters. The number of amides is 1. The van der Waals surface area contributed by atoms with Gasteiger partial charge in [0.05, 0.1) is 6.04 Å². The van der Waals surface area contributed by atoms with Crippen LogP contribution in [0.15, 0.2) is 30.3 Å². The summed E-state index contributed by atoms with van der Waals surface area (Å²) in [4.78, 5) is 16.3. The molecule has 4 atom stereocenters. The quantitative estimate of drug-likeness (QED) is 0.828. The molecule has 1 amide bonds. The lowest BCUT2D eigenvalue weighted by Gasteiger charge is -2.44. The van der Waals surface area contributed by atoms with Gasteiger partial charge in [0.2, 0.25) is 0 Å². The third-order valence-corrected chi connectivity index (χ3v) is 5.24. The zero-order valence-corrected chi connectivity index (χ0v) is 15.6. The van der Waals surface area contributed by atoms with Gasteiger partial charge < -0.3 is 4.74 Å². The van der Waals surface area contributed by atoms with Crippen LogP contribution in [0.3, 0.4) is 0 Å². The van der Waals surface area contributed by atoms with Gasteiger partial charge in [-0.2, -0.15) is 0 Å². The maximum atomic E-state index is 15.2. The molecule has 1 aromatic carbocycles. The predicted molar refractivity (Wildman–Crippen MR) is 96.1 cm³/mol. The Balaban J connectivity index is 1.68. The molecular weight excluding hydrogens is 319 g/mol. The van der Waals surface area contributed by atoms with Gasteiger partial charge in [-0.1, -0.05) is 30.3 Å². The molecule has 2 aliphatic heterocycles. The number of ether oxygens (including phenoxy) is 1. The summed E-state index contributed by atoms with van der Waals surface area (Å²) >= 11 is 0. The van der Waals surface area contributed by atoms with Gasteiger partial charge in [0.25, 0.3) is 0 Å². The Morgan fingerprint density at radius 1 is 1.28 bits per heavy atom. The molecule has 5 heteroatoms. The van der Waals surface area contributed by atoms with Crippen molar-refractivity contribution < 1.29 is 13.9 Å². The number of piperidine rings is 1. The van der Waals surface area contributed by atoms with Crippen molar-refractivity contribution in [1.29, 1.82) is 0 Å². The third kappa shape index (κ3) is 3.97. The lowest BCUT2D eigenvalue weighted by atomic mass is 9.94. The molecule has 2 heterocycles. The van der Waals surface area contributed by atoms with Gasteiger partial charge in [-0.05, 0) is 52.6 Å². The van der Waals surface area contributed by atoms with E-state index in [0.717, 1.165) is 19.4 Å². The first kappa shape index (κ1) is 18.2. The van der Waals surface area contributed by atoms with E-state index in [4.69, 9.17) is 4.74 Å². The Hall–Kier alpha value is -1.62. The van der Waals surface area contributed by atoms with Crippen molar-refractivity contribution in [2.75, 3.05) is 7.05 Å². The zero-order valence-electron chi connectivity index (χ0n) is 15.6. The molecule has 2 saturated heterocycles. The molecule has 0 saturated carbocycles. The van der Waals surface area contributed by atoms with Crippen molar-refractivity contribution in [2.24, 2.45) is 0 Å². The van der Waals surface area contributed by atoms with Crippen LogP contribution >= 0.6 is 0 Å². The monoisotopic (exact) mass is 348 g/mol. The minimum absolute atomic E-state index is 0.0788. The number of nitrogens with zero attached hydrogens (tertiary/aromatic N) is 2. The second-order valence-corrected chi connectivity index (χ2v) is 8.33. The van der Waals surface area contributed by atoms with E-state index in [2.05, 4.69) is 17.0 Å². The molecule has 25 heavy (non-hydrogen) atoms. The highest BCUT2D eigenvalue weighted by atomic mass is 19.1. The van der Waals surface area contributed by atoms with E-state index in [1.165, 1.54) is 5.56 Å². The average Bonchev–Trinajstić information content (AvgIpc) is 2.87. The van der Waals surface area contributed by atoms with Crippen LogP contribution < -0.4 is 0 Å². The standard InChI is InChI=1S/C20H29FN2O2/c1-20(2,3)25-19(24)23-15-10-11-16(23)18(21)17(12-15)22(4)13-14-8-6-5-7-9-14/h5-9,15-18H,10-13H2,1-4H3/t15-,16+,17-,18+/m1/s1. The van der Waals surface area contributed by atoms with Crippen LogP contribution in [0.2, 0.25) is 0 Å². The van der Waals surface area contributed by atoms with E-state index in [9.17, 15) is 4.79 Å². The number of hydrogen-bond acceptors (Lipinski definition) is 3. The van der Waals surface area contributed by atoms with Gasteiger partial charge in [-0.25, -0.2) is 9.18 Å². The van der Waals surface area contributed by atoms with E-state index < -0.39 is 11.8 Å². The maximum Gasteiger partial charge on any atom is 0.410 e. The van der Waals surface area contributed by atoms with Gasteiger partial charge in [-0.3, -0.25) is 9.80 Å². The summed E-state index contributed by atoms with van der Waals surface area (Å²) in [5, 5.41) is 0. The van der Waals surface area contributed by atoms with Crippen molar-refractivity contribution in [3.05, 3.63) is 35.9 Å². The van der Waals surface area contributed by atoms with Gasteiger partial charge in [0, 0.05) is 18.6 Å². The van der Waals surface area contributed by atoms with Crippen molar-refractivity contribution in [3.8, 4) is 0 Å². The van der Waals surface area contributed by atoms with E-state index in [1.54, 1.807) is 4.90 Å². The first-order chi connectivity index (χ1) is 11.8. The summed E-state index contributed by atoms with van der Waals surface area (Å²) in [5.74, 6) is 0. The highest BCUT2D eigenvalue weighted by Gasteiger charge is 2.51. The second kappa shape index (κ2) is 6.94. The zero-order chi connectivity index (χ0) is 18.2. The number of carbonyl (C=O) groups excluding carboxylic acids is 1. The number of carbonyl (C=O) groups is 1. The Bertz CT molecular complexity index is 601. The molecular formula is C20H29FN2O2. The first-order valence-corrected chi connectivity index (χ1v) is 9.16. The van der Waals surface area contributed by atoms with Gasteiger partial charge >= 0.3 is 6.09 Å². The van der Waals surface area contributed by atoms with Crippen LogP contribution in [0.25, 0.3) is 0 Å². The minimum atomic E-state index is -1.04. The highest BCUT2D eigenvalue weighted by Crippen LogP contribution is 2.40. The number of rotatable bonds is 3. The van der Waals surface area contributed by atoms with Crippen molar-refractivity contribution >= 4 is 6.09 Å². The van der Waals surface area contributed by atoms with Crippen molar-refractivity contribution in [2.45, 2.75) is 76.5 Å². The molecule has 138 valence electrons. The SMILES string of the molecule is CN(Cc1ccccc1)[C@@H]1C[C@H]2CC[C@@H]([C@@H]1F)N2C(=O)OC(C)(C)C. The van der Waals surface area contributed by atoms with Crippen LogP contribution in [0.1, 0.15) is 45.6 Å². The molecule has 0 spiro atoms. The summed E-state index contributed by atoms with van der Waals surface area (Å²) in [5.41, 5.74) is 0.627. The average molecular weight is 348 g/mol. The number of fused-ring (bicyclic) bond motifs is 2. The molecule has 2 bridgehead atoms. The topological polar surface area (TPSA) is 32.8 Å². The Morgan fingerprint density at radius 3 is 2.60 bits per heavy atom. The summed E-state index contributed by atoms with van der Waals surface area (Å²) < 4.78 is 20.7. The van der Waals surface area contributed by atoms with Crippen LogP contribution in [0, 0.1) is 0 Å². The lowest BCUT2D eigenvalue weighted by molar-refractivity contribution is -0.0304. The molecule has 0 N–H and O–H groups in total. The normalized spacial score (nSPS) is 29.1. The number of alkyl halides is 1. The Morgan fingerprint density at radius 2 is 1.96 bits per heavy atom. The third-order valence-electron chi connectivity index (χ3n) is 5.24. The lowest BCUT2D eigenvalue weighted by Crippen LogP contribution is -2.59. The molecule has 0 aliphatic carbocycles. The van der Waals surface area contributed by atoms with E-state index in [-0.39, 0.29) is 24.2 Å². The molecule has 0 aromatic heterocycles. The molecule has 0 radical (unpaired) electrons. The second-order valence-electron chi connectivity index (χ2n) is 8.33. The summed E-state index contributed by atoms with van der Waals surface area (Å²) in [6.45, 7) is 6.26. The Kier molecular flexibility index (Phi) is 5.05. The summed E-state index contributed by atoms with van der Waals surface area (Å²) in [7, 11) is 1.98. The fourth-order valence-corrected chi connectivity index (χ4v) is 4.13. The highest BCUT2D eigenvalue weighted by molar-refractivity contribution is 5.70. The molecule has 4 nitrogen and oxygen atoms in total. The van der Waals surface area contributed by atoms with Crippen LogP contribution in [-0.4, -0.2) is 52.8 Å². The Labute approximate surface area is 149 Å². The van der Waals surface area contributed by atoms with Crippen LogP contribution in [0.4, 0.5) is 9.18 Å². The van der Waals surface area contributed by atoms with Crippen LogP contribution in [0.5, 0.6) is 0 Å². The first-order valence-electron chi connectivity index (χ1n) is 9.16. The molecule has 2 aliphatic rings. The predicted octanol–water partition coefficient (Wildman–Crippen LogP) is 4.00. The van der Waals surface area contributed by atoms with Gasteiger partial charge in [0.1, 0.15) is 11.8 Å². The van der Waals surface area contributed by atoms with Gasteiger partial charge in [0.15, 0.2) is 0 Å². The van der Waals surface area contributed by atoms with E-state index in [1.807, 2.05) is 46.0 Å². The fraction of sp³-hybridized carbons (Fsp3) is 0.650. The van der Waals surface area contributed by atoms with Gasteiger partial charge in [-0.15, -0.1) is 0 Å². The summed E-state index contributed by atoms with van der Waals surface area (Å²) in [6.07, 6.45) is 0.841. The largest absolute Gasteiger partial charge is 0.444 e. The van der Waals surface area contributed by atoms with Crippen molar-refractivity contribution in [1.82, 2.24) is 9.80 Å². The minimum Gasteiger partial charge on any atom is -0.444 e. The molecule has 2 fully saturated rings. The molecule has 1 aromatic rings. The smallest absolute Gasteiger partial charge is 0.410 e. The summed E-state index contributed by atoms with van der Waals surface area (Å²) in [6, 6.07) is 9.68. The fourth-order valence-electron chi connectivity index (χ4n) is 4.13. The van der Waals surface area contributed by atoms with Crippen molar-refractivity contribution in [3.63, 3.8) is 0 Å². The number of halogens is 1. The molecule has 3 rings (SSSR count). The maximum absolute atomic E-state index is 15.2. The van der Waals surface area contributed by atoms with E-state index in [0.29, 0.717) is 6.42 Å².